The van der Waals surface area contributed by atoms with Gasteiger partial charge in [0.05, 0.1) is 6.54 Å². The lowest BCUT2D eigenvalue weighted by Crippen LogP contribution is -2.29. The van der Waals surface area contributed by atoms with Crippen LogP contribution in [0.3, 0.4) is 0 Å². The largest absolute Gasteiger partial charge is 0.463 e. The number of carbonyl (C=O) groups is 1. The summed E-state index contributed by atoms with van der Waals surface area (Å²) in [6.07, 6.45) is 0.231. The fraction of sp³-hybridized carbons (Fsp3) is 0.316. The number of amides is 1. The minimum atomic E-state index is -1.31. The van der Waals surface area contributed by atoms with Crippen molar-refractivity contribution < 1.29 is 15.1 Å². The molecular formula is C19H26N2O3. The van der Waals surface area contributed by atoms with Gasteiger partial charge < -0.3 is 10.4 Å². The number of nitrogens with one attached hydrogen (secondary N) is 1. The van der Waals surface area contributed by atoms with Crippen molar-refractivity contribution in [3.63, 3.8) is 0 Å². The molecule has 2 aromatic rings. The summed E-state index contributed by atoms with van der Waals surface area (Å²) in [5.74, 6) is 0. The predicted octanol–water partition coefficient (Wildman–Crippen LogP) is 3.57. The van der Waals surface area contributed by atoms with Crippen molar-refractivity contribution in [1.29, 1.82) is 0 Å². The number of hydrogen-bond donors (Lipinski definition) is 3. The summed E-state index contributed by atoms with van der Waals surface area (Å²) in [6, 6.07) is 20.4. The Balaban J connectivity index is 0.000000341. The van der Waals surface area contributed by atoms with E-state index in [0.717, 1.165) is 13.0 Å². The molecule has 3 N–H and O–H groups in total. The molecule has 0 spiro atoms. The quantitative estimate of drug-likeness (QED) is 0.412. The second kappa shape index (κ2) is 12.1. The molecule has 130 valence electrons. The van der Waals surface area contributed by atoms with Crippen molar-refractivity contribution in [1.82, 2.24) is 10.4 Å². The summed E-state index contributed by atoms with van der Waals surface area (Å²) in [4.78, 5) is 10.3. The third-order valence-electron chi connectivity index (χ3n) is 3.32. The van der Waals surface area contributed by atoms with Crippen molar-refractivity contribution in [3.8, 4) is 0 Å². The predicted molar refractivity (Wildman–Crippen MR) is 95.3 cm³/mol. The summed E-state index contributed by atoms with van der Waals surface area (Å²) in [5, 5.41) is 20.8. The van der Waals surface area contributed by atoms with Crippen LogP contribution in [0.5, 0.6) is 0 Å². The van der Waals surface area contributed by atoms with Gasteiger partial charge in [-0.05, 0) is 38.4 Å². The third kappa shape index (κ3) is 9.61. The van der Waals surface area contributed by atoms with Crippen LogP contribution in [0.2, 0.25) is 0 Å². The van der Waals surface area contributed by atoms with Gasteiger partial charge in [0, 0.05) is 0 Å². The normalized spacial score (nSPS) is 9.75. The van der Waals surface area contributed by atoms with Gasteiger partial charge in [-0.15, -0.1) is 0 Å². The molecule has 24 heavy (non-hydrogen) atoms. The van der Waals surface area contributed by atoms with E-state index in [4.69, 9.17) is 10.3 Å². The molecule has 0 saturated carbocycles. The summed E-state index contributed by atoms with van der Waals surface area (Å²) < 4.78 is 0. The van der Waals surface area contributed by atoms with Gasteiger partial charge >= 0.3 is 6.09 Å². The molecule has 5 heteroatoms. The minimum absolute atomic E-state index is 0.133. The highest BCUT2D eigenvalue weighted by atomic mass is 16.6. The molecule has 0 radical (unpaired) electrons. The van der Waals surface area contributed by atoms with Crippen molar-refractivity contribution in [2.75, 3.05) is 19.6 Å². The van der Waals surface area contributed by atoms with Crippen molar-refractivity contribution >= 4 is 6.09 Å². The number of rotatable bonds is 7. The zero-order valence-electron chi connectivity index (χ0n) is 14.1. The minimum Gasteiger partial charge on any atom is -0.463 e. The second-order valence-corrected chi connectivity index (χ2v) is 5.40. The average molecular weight is 330 g/mol. The molecule has 0 aromatic heterocycles. The lowest BCUT2D eigenvalue weighted by atomic mass is 10.1. The highest BCUT2D eigenvalue weighted by molar-refractivity contribution is 5.63. The fourth-order valence-electron chi connectivity index (χ4n) is 1.99. The van der Waals surface area contributed by atoms with Crippen LogP contribution < -0.4 is 5.32 Å². The maximum Gasteiger partial charge on any atom is 0.431 e. The Kier molecular flexibility index (Phi) is 9.92. The third-order valence-corrected chi connectivity index (χ3v) is 3.32. The van der Waals surface area contributed by atoms with E-state index in [-0.39, 0.29) is 6.54 Å². The zero-order valence-corrected chi connectivity index (χ0v) is 14.1. The van der Waals surface area contributed by atoms with Gasteiger partial charge in [0.15, 0.2) is 0 Å². The molecule has 0 fully saturated rings. The molecule has 1 amide bonds. The number of hydrogen-bond acceptors (Lipinski definition) is 3. The Labute approximate surface area is 143 Å². The molecule has 0 atom stereocenters. The van der Waals surface area contributed by atoms with E-state index < -0.39 is 6.09 Å². The van der Waals surface area contributed by atoms with E-state index in [1.165, 1.54) is 11.1 Å². The van der Waals surface area contributed by atoms with E-state index in [1.54, 1.807) is 0 Å². The van der Waals surface area contributed by atoms with Gasteiger partial charge in [0.2, 0.25) is 0 Å². The van der Waals surface area contributed by atoms with Crippen molar-refractivity contribution in [3.05, 3.63) is 71.8 Å². The number of carboxylic acid groups (broad SMARTS) is 1. The summed E-state index contributed by atoms with van der Waals surface area (Å²) in [5.41, 5.74) is 2.59. The molecule has 5 nitrogen and oxygen atoms in total. The standard InChI is InChI=1S/C12H18N2O3.C7H8/c15-12(16)14(17)10-4-8-13-9-7-11-5-2-1-3-6-11;1-7-5-3-2-4-6-7/h1-3,5-6,13,17H,4,7-10H2,(H,15,16);2-6H,1H3. The Bertz CT molecular complexity index is 561. The van der Waals surface area contributed by atoms with Crippen LogP contribution in [0.4, 0.5) is 4.79 Å². The van der Waals surface area contributed by atoms with Crippen LogP contribution in [-0.2, 0) is 6.42 Å². The Hall–Kier alpha value is -2.37. The van der Waals surface area contributed by atoms with E-state index in [1.807, 2.05) is 36.4 Å². The number of benzene rings is 2. The summed E-state index contributed by atoms with van der Waals surface area (Å²) in [6.45, 7) is 3.76. The van der Waals surface area contributed by atoms with Crippen molar-refractivity contribution in [2.24, 2.45) is 0 Å². The van der Waals surface area contributed by atoms with Gasteiger partial charge in [0.25, 0.3) is 0 Å². The topological polar surface area (TPSA) is 72.8 Å². The highest BCUT2D eigenvalue weighted by Crippen LogP contribution is 1.98. The molecule has 2 aromatic carbocycles. The first-order valence-electron chi connectivity index (χ1n) is 8.05. The summed E-state index contributed by atoms with van der Waals surface area (Å²) in [7, 11) is 0. The van der Waals surface area contributed by atoms with Crippen molar-refractivity contribution in [2.45, 2.75) is 19.8 Å². The van der Waals surface area contributed by atoms with Crippen LogP contribution in [0.15, 0.2) is 60.7 Å². The van der Waals surface area contributed by atoms with Gasteiger partial charge in [-0.1, -0.05) is 66.2 Å². The van der Waals surface area contributed by atoms with Crippen LogP contribution in [0.1, 0.15) is 17.5 Å². The van der Waals surface area contributed by atoms with Crippen LogP contribution in [0, 0.1) is 6.92 Å². The van der Waals surface area contributed by atoms with Gasteiger partial charge in [0.1, 0.15) is 0 Å². The smallest absolute Gasteiger partial charge is 0.431 e. The molecule has 0 unspecified atom stereocenters. The second-order valence-electron chi connectivity index (χ2n) is 5.40. The number of nitrogens with zero attached hydrogens (tertiary/aromatic N) is 1. The van der Waals surface area contributed by atoms with Crippen LogP contribution in [-0.4, -0.2) is 41.1 Å². The Morgan fingerprint density at radius 1 is 1.00 bits per heavy atom. The molecule has 0 saturated heterocycles. The average Bonchev–Trinajstić information content (AvgIpc) is 2.60. The molecule has 0 aliphatic rings. The molecule has 0 aliphatic carbocycles. The first kappa shape index (κ1) is 19.7. The maximum absolute atomic E-state index is 10.3. The molecular weight excluding hydrogens is 304 g/mol. The number of aryl methyl sites for hydroxylation is 1. The first-order chi connectivity index (χ1) is 11.6. The zero-order chi connectivity index (χ0) is 17.6. The van der Waals surface area contributed by atoms with Crippen LogP contribution >= 0.6 is 0 Å². The summed E-state index contributed by atoms with van der Waals surface area (Å²) >= 11 is 0. The Morgan fingerprint density at radius 3 is 2.08 bits per heavy atom. The SMILES string of the molecule is Cc1ccccc1.O=C(O)N(O)CCCNCCc1ccccc1. The van der Waals surface area contributed by atoms with E-state index >= 15 is 0 Å². The molecule has 2 rings (SSSR count). The van der Waals surface area contributed by atoms with Gasteiger partial charge in [-0.2, -0.15) is 5.06 Å². The molecule has 0 heterocycles. The highest BCUT2D eigenvalue weighted by Gasteiger charge is 2.05. The number of hydroxylamine groups is 2. The van der Waals surface area contributed by atoms with Gasteiger partial charge in [-0.3, -0.25) is 5.21 Å². The lowest BCUT2D eigenvalue weighted by molar-refractivity contribution is -0.0640. The Morgan fingerprint density at radius 2 is 1.58 bits per heavy atom. The van der Waals surface area contributed by atoms with E-state index in [0.29, 0.717) is 18.0 Å². The maximum atomic E-state index is 10.3. The first-order valence-corrected chi connectivity index (χ1v) is 8.05. The van der Waals surface area contributed by atoms with E-state index in [2.05, 4.69) is 36.5 Å². The van der Waals surface area contributed by atoms with Crippen LogP contribution in [0.25, 0.3) is 0 Å². The lowest BCUT2D eigenvalue weighted by Gasteiger charge is -2.10. The molecule has 0 bridgehead atoms. The molecule has 0 aliphatic heterocycles. The monoisotopic (exact) mass is 330 g/mol. The fourth-order valence-corrected chi connectivity index (χ4v) is 1.99. The van der Waals surface area contributed by atoms with E-state index in [9.17, 15) is 4.79 Å². The van der Waals surface area contributed by atoms with Gasteiger partial charge in [-0.25, -0.2) is 4.79 Å².